The van der Waals surface area contributed by atoms with Crippen LogP contribution in [0.5, 0.6) is 0 Å². The molecule has 0 spiro atoms. The highest BCUT2D eigenvalue weighted by atomic mass is 15.0. The highest BCUT2D eigenvalue weighted by molar-refractivity contribution is 6.70. The summed E-state index contributed by atoms with van der Waals surface area (Å²) in [6, 6.07) is 26.5. The number of hydrogen-bond acceptors (Lipinski definition) is 0. The predicted molar refractivity (Wildman–Crippen MR) is 215 cm³/mol. The number of aromatic nitrogens is 2. The van der Waals surface area contributed by atoms with Gasteiger partial charge in [-0.2, -0.15) is 0 Å². The molecule has 0 atom stereocenters. The van der Waals surface area contributed by atoms with Gasteiger partial charge in [0.1, 0.15) is 78.5 Å². The second-order valence-electron chi connectivity index (χ2n) is 12.1. The maximum atomic E-state index is 6.61. The van der Waals surface area contributed by atoms with Crippen molar-refractivity contribution in [1.82, 2.24) is 9.55 Å². The number of aromatic amines is 1. The summed E-state index contributed by atoms with van der Waals surface area (Å²) in [5.41, 5.74) is 8.07. The summed E-state index contributed by atoms with van der Waals surface area (Å²) in [5, 5.41) is 4.30. The zero-order valence-corrected chi connectivity index (χ0v) is 25.7. The molecule has 2 heterocycles. The van der Waals surface area contributed by atoms with Crippen LogP contribution in [0.25, 0.3) is 71.6 Å². The number of benzene rings is 6. The molecule has 0 aliphatic rings. The summed E-state index contributed by atoms with van der Waals surface area (Å²) < 4.78 is 2.18. The molecule has 0 amide bonds. The van der Waals surface area contributed by atoms with E-state index < -0.39 is 0 Å². The topological polar surface area (TPSA) is 20.7 Å². The molecule has 2 nitrogen and oxygen atoms in total. The average Bonchev–Trinajstić information content (AvgIpc) is 3.64. The summed E-state index contributed by atoms with van der Waals surface area (Å²) >= 11 is 0. The van der Waals surface area contributed by atoms with Gasteiger partial charge >= 0.3 is 0 Å². The van der Waals surface area contributed by atoms with E-state index in [4.69, 9.17) is 78.5 Å². The van der Waals surface area contributed by atoms with Crippen LogP contribution in [-0.2, 0) is 0 Å². The molecule has 20 radical (unpaired) electrons. The molecule has 0 aliphatic carbocycles. The molecular weight excluding hydrogens is 569 g/mol. The minimum absolute atomic E-state index is 0.112. The van der Waals surface area contributed by atoms with E-state index in [9.17, 15) is 0 Å². The van der Waals surface area contributed by atoms with Gasteiger partial charge in [0, 0.05) is 32.7 Å². The monoisotopic (exact) mass is 584 g/mol. The fraction of sp³-hybridized carbons (Fsp3) is 0. The first kappa shape index (κ1) is 30.9. The lowest BCUT2D eigenvalue weighted by Crippen LogP contribution is -2.55. The fourth-order valence-electron chi connectivity index (χ4n) is 6.99. The van der Waals surface area contributed by atoms with Crippen LogP contribution < -0.4 is 54.6 Å². The summed E-state index contributed by atoms with van der Waals surface area (Å²) in [5.74, 6) is 0. The van der Waals surface area contributed by atoms with Crippen molar-refractivity contribution in [1.29, 1.82) is 0 Å². The smallest absolute Gasteiger partial charge is 0.113 e. The number of fused-ring (bicyclic) bond motifs is 7. The quantitative estimate of drug-likeness (QED) is 0.226. The minimum atomic E-state index is 0.112. The zero-order chi connectivity index (χ0) is 33.8. The molecule has 0 aliphatic heterocycles. The highest BCUT2D eigenvalue weighted by Gasteiger charge is 2.21. The van der Waals surface area contributed by atoms with Gasteiger partial charge in [0.05, 0.1) is 16.6 Å². The van der Waals surface area contributed by atoms with Crippen LogP contribution in [0.1, 0.15) is 0 Å². The van der Waals surface area contributed by atoms with Crippen LogP contribution in [0.4, 0.5) is 0 Å². The summed E-state index contributed by atoms with van der Waals surface area (Å²) in [4.78, 5) is 3.67. The van der Waals surface area contributed by atoms with Gasteiger partial charge in [0.15, 0.2) is 0 Å². The number of hydrogen-bond donors (Lipinski definition) is 1. The lowest BCUT2D eigenvalue weighted by Gasteiger charge is -2.25. The van der Waals surface area contributed by atoms with E-state index in [-0.39, 0.29) is 54.6 Å². The Morgan fingerprint density at radius 3 is 1.44 bits per heavy atom. The van der Waals surface area contributed by atoms with Crippen LogP contribution >= 0.6 is 0 Å². The molecule has 0 fully saturated rings. The van der Waals surface area contributed by atoms with Crippen molar-refractivity contribution < 1.29 is 0 Å². The molecule has 2 aromatic heterocycles. The Balaban J connectivity index is 1.57. The molecular formula is C36H14B10N2. The summed E-state index contributed by atoms with van der Waals surface area (Å²) in [6.45, 7) is 0. The third-order valence-electron chi connectivity index (χ3n) is 9.47. The third-order valence-corrected chi connectivity index (χ3v) is 9.47. The van der Waals surface area contributed by atoms with Gasteiger partial charge in [0.25, 0.3) is 0 Å². The lowest BCUT2D eigenvalue weighted by molar-refractivity contribution is 1.18. The molecule has 0 saturated carbocycles. The molecule has 0 bridgehead atoms. The number of H-pyrrole nitrogens is 1. The largest absolute Gasteiger partial charge is 0.353 e. The van der Waals surface area contributed by atoms with Crippen LogP contribution in [-0.4, -0.2) is 88.0 Å². The number of nitrogens with zero attached hydrogens (tertiary/aromatic N) is 1. The number of rotatable bonds is 3. The van der Waals surface area contributed by atoms with Crippen molar-refractivity contribution in [2.45, 2.75) is 0 Å². The second kappa shape index (κ2) is 11.1. The Labute approximate surface area is 291 Å². The first-order valence-electron chi connectivity index (χ1n) is 15.1. The normalized spacial score (nSPS) is 11.8. The van der Waals surface area contributed by atoms with Crippen molar-refractivity contribution >= 4 is 177 Å². The number of nitrogens with one attached hydrogen (secondary N) is 1. The molecule has 0 saturated heterocycles. The van der Waals surface area contributed by atoms with E-state index in [2.05, 4.69) is 45.9 Å². The first-order valence-corrected chi connectivity index (χ1v) is 15.1. The van der Waals surface area contributed by atoms with Gasteiger partial charge in [-0.3, -0.25) is 0 Å². The van der Waals surface area contributed by atoms with Crippen molar-refractivity contribution in [2.75, 3.05) is 0 Å². The van der Waals surface area contributed by atoms with Gasteiger partial charge in [-0.05, 0) is 52.6 Å². The second-order valence-corrected chi connectivity index (χ2v) is 12.1. The van der Waals surface area contributed by atoms with Gasteiger partial charge in [-0.15, -0.1) is 32.8 Å². The first-order chi connectivity index (χ1) is 23.0. The van der Waals surface area contributed by atoms with Gasteiger partial charge in [-0.25, -0.2) is 0 Å². The Morgan fingerprint density at radius 1 is 0.417 bits per heavy atom. The molecule has 6 aromatic carbocycles. The van der Waals surface area contributed by atoms with Crippen molar-refractivity contribution in [3.05, 3.63) is 78.9 Å². The Kier molecular flexibility index (Phi) is 7.11. The fourth-order valence-corrected chi connectivity index (χ4v) is 6.99. The van der Waals surface area contributed by atoms with Crippen molar-refractivity contribution in [3.63, 3.8) is 0 Å². The van der Waals surface area contributed by atoms with Crippen LogP contribution in [0.15, 0.2) is 78.9 Å². The molecule has 8 aromatic rings. The van der Waals surface area contributed by atoms with Crippen molar-refractivity contribution in [3.8, 4) is 27.9 Å². The number of para-hydroxylation sites is 2. The lowest BCUT2D eigenvalue weighted by atomic mass is 9.59. The zero-order valence-electron chi connectivity index (χ0n) is 25.7. The molecule has 8 rings (SSSR count). The molecule has 198 valence electrons. The third kappa shape index (κ3) is 4.27. The maximum Gasteiger partial charge on any atom is 0.113 e. The van der Waals surface area contributed by atoms with E-state index >= 15 is 0 Å². The predicted octanol–water partition coefficient (Wildman–Crippen LogP) is -2.31. The van der Waals surface area contributed by atoms with Gasteiger partial charge in [-0.1, -0.05) is 70.4 Å². The molecule has 12 heteroatoms. The Hall–Kier alpha value is -4.43. The standard InChI is InChI=1S/C36H14B10N2/c37-25-23(26(38)30(42)33(45)29(25)41)14-11-15(24-27(39)31(43)34(46)32(44)28(24)40)13-16(12-14)48-22-8-4-2-6-18(22)20-10-9-19-17-5-1-3-7-21(17)47-35(19)36(20)48/h1-13,47H. The van der Waals surface area contributed by atoms with Crippen LogP contribution in [0.2, 0.25) is 0 Å². The van der Waals surface area contributed by atoms with Crippen LogP contribution in [0.3, 0.4) is 0 Å². The SMILES string of the molecule is [B]c1c([B])c([B])c(-c2cc(-c3c([B])c([B])c([B])c([B])c3[B])cc(-n3c4ccccc4c4ccc5c6ccccc6[nH]c5c43)c2)c([B])c1[B]. The van der Waals surface area contributed by atoms with Gasteiger partial charge < -0.3 is 9.55 Å². The van der Waals surface area contributed by atoms with Gasteiger partial charge in [0.2, 0.25) is 0 Å². The minimum Gasteiger partial charge on any atom is -0.353 e. The van der Waals surface area contributed by atoms with Crippen molar-refractivity contribution in [2.24, 2.45) is 0 Å². The Bertz CT molecular complexity index is 2540. The average molecular weight is 583 g/mol. The van der Waals surface area contributed by atoms with E-state index in [1.165, 1.54) is 0 Å². The van der Waals surface area contributed by atoms with Crippen LogP contribution in [0, 0.1) is 0 Å². The summed E-state index contributed by atoms with van der Waals surface area (Å²) in [6.07, 6.45) is 0. The van der Waals surface area contributed by atoms with E-state index in [0.717, 1.165) is 49.3 Å². The Morgan fingerprint density at radius 2 is 0.875 bits per heavy atom. The molecule has 1 N–H and O–H groups in total. The highest BCUT2D eigenvalue weighted by Crippen LogP contribution is 2.39. The molecule has 0 unspecified atom stereocenters. The summed E-state index contributed by atoms with van der Waals surface area (Å²) in [7, 11) is 64.1. The van der Waals surface area contributed by atoms with E-state index in [1.54, 1.807) is 0 Å². The maximum absolute atomic E-state index is 6.61. The molecule has 48 heavy (non-hydrogen) atoms. The van der Waals surface area contributed by atoms with E-state index in [0.29, 0.717) is 22.3 Å². The van der Waals surface area contributed by atoms with E-state index in [1.807, 2.05) is 42.5 Å².